The van der Waals surface area contributed by atoms with Crippen LogP contribution in [0.5, 0.6) is 0 Å². The molecule has 0 aliphatic carbocycles. The lowest BCUT2D eigenvalue weighted by molar-refractivity contribution is 0.781. The van der Waals surface area contributed by atoms with Gasteiger partial charge in [0.1, 0.15) is 5.52 Å². The van der Waals surface area contributed by atoms with E-state index >= 15 is 0 Å². The van der Waals surface area contributed by atoms with Gasteiger partial charge >= 0.3 is 0 Å². The first kappa shape index (κ1) is 15.2. The van der Waals surface area contributed by atoms with Crippen LogP contribution in [-0.2, 0) is 7.05 Å². The highest BCUT2D eigenvalue weighted by Crippen LogP contribution is 2.25. The van der Waals surface area contributed by atoms with Gasteiger partial charge in [-0.2, -0.15) is 10.1 Å². The fourth-order valence-corrected chi connectivity index (χ4v) is 3.38. The first-order chi connectivity index (χ1) is 12.7. The molecule has 0 radical (unpaired) electrons. The van der Waals surface area contributed by atoms with Crippen molar-refractivity contribution >= 4 is 38.0 Å². The van der Waals surface area contributed by atoms with Gasteiger partial charge in [-0.05, 0) is 23.8 Å². The number of nitrogens with zero attached hydrogens (tertiary/aromatic N) is 6. The van der Waals surface area contributed by atoms with E-state index in [-0.39, 0.29) is 0 Å². The summed E-state index contributed by atoms with van der Waals surface area (Å²) < 4.78 is 4.73. The molecule has 5 aromatic rings. The van der Waals surface area contributed by atoms with Crippen LogP contribution in [0.25, 0.3) is 39.1 Å². The summed E-state index contributed by atoms with van der Waals surface area (Å²) in [4.78, 5) is 4.69. The Morgan fingerprint density at radius 1 is 0.923 bits per heavy atom. The molecule has 0 saturated carbocycles. The van der Waals surface area contributed by atoms with Crippen molar-refractivity contribution in [3.63, 3.8) is 0 Å². The van der Waals surface area contributed by atoms with Crippen LogP contribution >= 0.6 is 15.9 Å². The van der Waals surface area contributed by atoms with Gasteiger partial charge in [0, 0.05) is 28.7 Å². The normalized spacial score (nSPS) is 11.5. The molecule has 0 saturated heterocycles. The summed E-state index contributed by atoms with van der Waals surface area (Å²) in [5.74, 6) is 0.451. The summed E-state index contributed by atoms with van der Waals surface area (Å²) in [6.45, 7) is 0. The van der Waals surface area contributed by atoms with Gasteiger partial charge in [-0.3, -0.25) is 0 Å². The summed E-state index contributed by atoms with van der Waals surface area (Å²) >= 11 is 3.45. The maximum atomic E-state index is 4.69. The van der Waals surface area contributed by atoms with Crippen LogP contribution < -0.4 is 0 Å². The Bertz CT molecular complexity index is 1250. The van der Waals surface area contributed by atoms with E-state index in [9.17, 15) is 0 Å². The van der Waals surface area contributed by atoms with E-state index in [4.69, 9.17) is 0 Å². The predicted octanol–water partition coefficient (Wildman–Crippen LogP) is 4.13. The lowest BCUT2D eigenvalue weighted by Crippen LogP contribution is -2.04. The number of aryl methyl sites for hydroxylation is 1. The van der Waals surface area contributed by atoms with E-state index in [1.165, 1.54) is 0 Å². The van der Waals surface area contributed by atoms with Crippen molar-refractivity contribution in [2.45, 2.75) is 0 Å². The van der Waals surface area contributed by atoms with Crippen LogP contribution in [0.15, 0.2) is 65.4 Å². The maximum absolute atomic E-state index is 4.69. The van der Waals surface area contributed by atoms with E-state index in [1.807, 2.05) is 60.3 Å². The van der Waals surface area contributed by atoms with Crippen molar-refractivity contribution in [1.29, 1.82) is 0 Å². The molecule has 0 amide bonds. The summed E-state index contributed by atoms with van der Waals surface area (Å²) in [6, 6.07) is 16.2. The van der Waals surface area contributed by atoms with Gasteiger partial charge in [-0.25, -0.2) is 4.68 Å². The van der Waals surface area contributed by atoms with Crippen molar-refractivity contribution in [2.24, 2.45) is 7.05 Å². The molecule has 0 aliphatic rings. The summed E-state index contributed by atoms with van der Waals surface area (Å²) in [5, 5.41) is 14.1. The number of hydrogen-bond donors (Lipinski definition) is 0. The largest absolute Gasteiger partial charge is 0.327 e. The fourth-order valence-electron chi connectivity index (χ4n) is 3.12. The molecule has 5 rings (SSSR count). The average Bonchev–Trinajstić information content (AvgIpc) is 3.27. The van der Waals surface area contributed by atoms with Gasteiger partial charge < -0.3 is 4.57 Å². The lowest BCUT2D eigenvalue weighted by atomic mass is 10.1. The Morgan fingerprint density at radius 3 is 2.58 bits per heavy atom. The Hall–Kier alpha value is -3.06. The second kappa shape index (κ2) is 5.74. The fraction of sp³-hybridized carbons (Fsp3) is 0.0526. The minimum atomic E-state index is 0.451. The second-order valence-electron chi connectivity index (χ2n) is 6.04. The van der Waals surface area contributed by atoms with Crippen LogP contribution in [0.1, 0.15) is 0 Å². The SMILES string of the molecule is Cn1c2ccccc2c2nnc(-n3cc(-c4ccc(Br)cc4)cn3)nc21. The molecule has 7 heteroatoms. The zero-order valence-electron chi connectivity index (χ0n) is 13.8. The van der Waals surface area contributed by atoms with Crippen LogP contribution in [0, 0.1) is 0 Å². The number of rotatable bonds is 2. The monoisotopic (exact) mass is 404 g/mol. The molecule has 26 heavy (non-hydrogen) atoms. The molecule has 2 aromatic carbocycles. The lowest BCUT2D eigenvalue weighted by Gasteiger charge is -2.00. The van der Waals surface area contributed by atoms with Crippen LogP contribution in [0.2, 0.25) is 0 Å². The highest BCUT2D eigenvalue weighted by molar-refractivity contribution is 9.10. The molecule has 126 valence electrons. The molecular weight excluding hydrogens is 392 g/mol. The molecule has 0 aliphatic heterocycles. The predicted molar refractivity (Wildman–Crippen MR) is 104 cm³/mol. The molecule has 0 unspecified atom stereocenters. The highest BCUT2D eigenvalue weighted by Gasteiger charge is 2.13. The van der Waals surface area contributed by atoms with Crippen LogP contribution in [0.3, 0.4) is 0 Å². The van der Waals surface area contributed by atoms with Crippen LogP contribution in [-0.4, -0.2) is 29.5 Å². The average molecular weight is 405 g/mol. The van der Waals surface area contributed by atoms with Gasteiger partial charge in [0.15, 0.2) is 5.65 Å². The first-order valence-corrected chi connectivity index (χ1v) is 8.89. The summed E-state index contributed by atoms with van der Waals surface area (Å²) in [5.41, 5.74) is 4.75. The zero-order valence-corrected chi connectivity index (χ0v) is 15.4. The van der Waals surface area contributed by atoms with Gasteiger partial charge in [-0.15, -0.1) is 10.2 Å². The molecule has 0 spiro atoms. The molecule has 6 nitrogen and oxygen atoms in total. The van der Waals surface area contributed by atoms with Crippen molar-refractivity contribution < 1.29 is 0 Å². The minimum absolute atomic E-state index is 0.451. The minimum Gasteiger partial charge on any atom is -0.327 e. The number of fused-ring (bicyclic) bond motifs is 3. The Kier molecular flexibility index (Phi) is 3.36. The van der Waals surface area contributed by atoms with E-state index in [0.717, 1.165) is 37.7 Å². The van der Waals surface area contributed by atoms with Gasteiger partial charge in [-0.1, -0.05) is 46.3 Å². The third kappa shape index (κ3) is 2.32. The third-order valence-corrected chi connectivity index (χ3v) is 4.99. The second-order valence-corrected chi connectivity index (χ2v) is 6.96. The quantitative estimate of drug-likeness (QED) is 0.443. The van der Waals surface area contributed by atoms with E-state index in [1.54, 1.807) is 10.9 Å². The van der Waals surface area contributed by atoms with E-state index in [2.05, 4.69) is 42.3 Å². The smallest absolute Gasteiger partial charge is 0.272 e. The number of aromatic nitrogens is 6. The van der Waals surface area contributed by atoms with Crippen LogP contribution in [0.4, 0.5) is 0 Å². The van der Waals surface area contributed by atoms with Gasteiger partial charge in [0.05, 0.1) is 11.7 Å². The van der Waals surface area contributed by atoms with Crippen molar-refractivity contribution in [3.8, 4) is 17.1 Å². The number of halogens is 1. The van der Waals surface area contributed by atoms with Crippen molar-refractivity contribution in [3.05, 3.63) is 65.4 Å². The number of hydrogen-bond acceptors (Lipinski definition) is 4. The topological polar surface area (TPSA) is 61.4 Å². The number of para-hydroxylation sites is 1. The molecule has 0 atom stereocenters. The molecule has 3 aromatic heterocycles. The van der Waals surface area contributed by atoms with Gasteiger partial charge in [0.25, 0.3) is 5.95 Å². The van der Waals surface area contributed by atoms with E-state index < -0.39 is 0 Å². The Morgan fingerprint density at radius 2 is 1.73 bits per heavy atom. The highest BCUT2D eigenvalue weighted by atomic mass is 79.9. The Balaban J connectivity index is 1.62. The number of benzene rings is 2. The van der Waals surface area contributed by atoms with E-state index in [0.29, 0.717) is 5.95 Å². The molecule has 3 heterocycles. The molecule has 0 fully saturated rings. The summed E-state index contributed by atoms with van der Waals surface area (Å²) in [7, 11) is 1.99. The first-order valence-electron chi connectivity index (χ1n) is 8.09. The summed E-state index contributed by atoms with van der Waals surface area (Å²) in [6.07, 6.45) is 3.72. The van der Waals surface area contributed by atoms with Crippen molar-refractivity contribution in [1.82, 2.24) is 29.5 Å². The zero-order chi connectivity index (χ0) is 17.7. The molecule has 0 bridgehead atoms. The van der Waals surface area contributed by atoms with Crippen molar-refractivity contribution in [2.75, 3.05) is 0 Å². The Labute approximate surface area is 157 Å². The third-order valence-electron chi connectivity index (χ3n) is 4.46. The maximum Gasteiger partial charge on any atom is 0.272 e. The molecular formula is C19H13BrN6. The molecule has 0 N–H and O–H groups in total. The standard InChI is InChI=1S/C19H13BrN6/c1-25-16-5-3-2-4-15(16)17-18(25)22-19(24-23-17)26-11-13(10-21-26)12-6-8-14(20)9-7-12/h2-11H,1H3. The van der Waals surface area contributed by atoms with Gasteiger partial charge in [0.2, 0.25) is 0 Å².